The first kappa shape index (κ1) is 13.1. The van der Waals surface area contributed by atoms with Crippen molar-refractivity contribution in [2.45, 2.75) is 25.3 Å². The number of rotatable bonds is 4. The molecule has 1 unspecified atom stereocenters. The molecule has 1 aliphatic rings. The van der Waals surface area contributed by atoms with Crippen molar-refractivity contribution in [3.8, 4) is 11.5 Å². The number of nitrogens with one attached hydrogen (secondary N) is 1. The van der Waals surface area contributed by atoms with Crippen LogP contribution in [0.4, 0.5) is 8.78 Å². The van der Waals surface area contributed by atoms with Crippen LogP contribution < -0.4 is 14.8 Å². The van der Waals surface area contributed by atoms with Crippen molar-refractivity contribution in [1.82, 2.24) is 5.32 Å². The highest BCUT2D eigenvalue weighted by Crippen LogP contribution is 2.40. The lowest BCUT2D eigenvalue weighted by Crippen LogP contribution is -2.14. The van der Waals surface area contributed by atoms with Crippen molar-refractivity contribution < 1.29 is 18.3 Å². The normalized spacial score (nSPS) is 19.3. The van der Waals surface area contributed by atoms with E-state index in [0.717, 1.165) is 24.9 Å². The molecule has 1 N–H and O–H groups in total. The lowest BCUT2D eigenvalue weighted by molar-refractivity contribution is 0.150. The maximum absolute atomic E-state index is 12.9. The van der Waals surface area contributed by atoms with Crippen LogP contribution in [0.3, 0.4) is 0 Å². The van der Waals surface area contributed by atoms with Crippen LogP contribution in [-0.2, 0) is 0 Å². The molecule has 0 aromatic heterocycles. The summed E-state index contributed by atoms with van der Waals surface area (Å²) in [4.78, 5) is 0. The van der Waals surface area contributed by atoms with Gasteiger partial charge in [-0.05, 0) is 31.5 Å². The first-order valence-corrected chi connectivity index (χ1v) is 5.94. The summed E-state index contributed by atoms with van der Waals surface area (Å²) in [6, 6.07) is 2.91. The molecule has 1 aromatic carbocycles. The van der Waals surface area contributed by atoms with Crippen LogP contribution in [0.25, 0.3) is 0 Å². The fourth-order valence-corrected chi connectivity index (χ4v) is 2.35. The summed E-state index contributed by atoms with van der Waals surface area (Å²) in [6.07, 6.45) is -0.550. The Morgan fingerprint density at radius 1 is 1.28 bits per heavy atom. The highest BCUT2D eigenvalue weighted by Gasteiger charge is 2.24. The molecule has 0 aliphatic carbocycles. The van der Waals surface area contributed by atoms with Gasteiger partial charge in [-0.15, -0.1) is 0 Å². The van der Waals surface area contributed by atoms with E-state index in [9.17, 15) is 8.78 Å². The summed E-state index contributed by atoms with van der Waals surface area (Å²) in [5.41, 5.74) is 0.723. The third-order valence-corrected chi connectivity index (χ3v) is 3.22. The third kappa shape index (κ3) is 2.41. The van der Waals surface area contributed by atoms with Crippen molar-refractivity contribution in [1.29, 1.82) is 0 Å². The summed E-state index contributed by atoms with van der Waals surface area (Å²) in [5.74, 6) is 0.903. The van der Waals surface area contributed by atoms with E-state index in [4.69, 9.17) is 9.47 Å². The minimum atomic E-state index is -2.51. The van der Waals surface area contributed by atoms with Crippen molar-refractivity contribution in [2.24, 2.45) is 0 Å². The highest BCUT2D eigenvalue weighted by molar-refractivity contribution is 5.51. The van der Waals surface area contributed by atoms with E-state index in [-0.39, 0.29) is 11.6 Å². The summed E-state index contributed by atoms with van der Waals surface area (Å²) in [6.45, 7) is 0.898. The maximum Gasteiger partial charge on any atom is 0.263 e. The van der Waals surface area contributed by atoms with E-state index in [0.29, 0.717) is 11.5 Å². The molecule has 1 aliphatic heterocycles. The number of hydrogen-bond acceptors (Lipinski definition) is 3. The van der Waals surface area contributed by atoms with Crippen molar-refractivity contribution in [2.75, 3.05) is 20.8 Å². The van der Waals surface area contributed by atoms with E-state index < -0.39 is 6.43 Å². The molecule has 1 atom stereocenters. The van der Waals surface area contributed by atoms with Crippen LogP contribution in [0.5, 0.6) is 11.5 Å². The molecule has 0 spiro atoms. The fraction of sp³-hybridized carbons (Fsp3) is 0.538. The molecule has 0 amide bonds. The largest absolute Gasteiger partial charge is 0.493 e. The first-order chi connectivity index (χ1) is 8.67. The summed E-state index contributed by atoms with van der Waals surface area (Å²) in [7, 11) is 2.98. The molecule has 1 heterocycles. The minimum absolute atomic E-state index is 0.0312. The van der Waals surface area contributed by atoms with Gasteiger partial charge in [0.2, 0.25) is 0 Å². The fourth-order valence-electron chi connectivity index (χ4n) is 2.35. The Bertz CT molecular complexity index is 418. The average Bonchev–Trinajstić information content (AvgIpc) is 2.90. The predicted octanol–water partition coefficient (Wildman–Crippen LogP) is 3.07. The molecule has 0 saturated carbocycles. The van der Waals surface area contributed by atoms with Gasteiger partial charge < -0.3 is 14.8 Å². The van der Waals surface area contributed by atoms with Crippen LogP contribution in [0.15, 0.2) is 12.1 Å². The van der Waals surface area contributed by atoms with E-state index in [2.05, 4.69) is 5.32 Å². The Kier molecular flexibility index (Phi) is 4.01. The third-order valence-electron chi connectivity index (χ3n) is 3.22. The van der Waals surface area contributed by atoms with E-state index in [1.165, 1.54) is 26.4 Å². The zero-order valence-electron chi connectivity index (χ0n) is 10.5. The zero-order valence-corrected chi connectivity index (χ0v) is 10.5. The molecule has 0 bridgehead atoms. The van der Waals surface area contributed by atoms with Crippen LogP contribution in [0, 0.1) is 0 Å². The number of ether oxygens (including phenoxy) is 2. The molecule has 1 aromatic rings. The summed E-state index contributed by atoms with van der Waals surface area (Å²) in [5, 5.41) is 3.28. The second-order valence-electron chi connectivity index (χ2n) is 4.30. The van der Waals surface area contributed by atoms with Crippen LogP contribution in [0.2, 0.25) is 0 Å². The van der Waals surface area contributed by atoms with Gasteiger partial charge in [0.1, 0.15) is 0 Å². The Morgan fingerprint density at radius 3 is 2.56 bits per heavy atom. The van der Waals surface area contributed by atoms with Crippen LogP contribution in [0.1, 0.15) is 36.4 Å². The van der Waals surface area contributed by atoms with Gasteiger partial charge in [0, 0.05) is 17.2 Å². The smallest absolute Gasteiger partial charge is 0.263 e. The van der Waals surface area contributed by atoms with E-state index in [1.807, 2.05) is 0 Å². The van der Waals surface area contributed by atoms with Gasteiger partial charge >= 0.3 is 0 Å². The van der Waals surface area contributed by atoms with E-state index in [1.54, 1.807) is 0 Å². The molecule has 100 valence electrons. The average molecular weight is 257 g/mol. The van der Waals surface area contributed by atoms with Crippen molar-refractivity contribution >= 4 is 0 Å². The van der Waals surface area contributed by atoms with Gasteiger partial charge in [0.25, 0.3) is 6.43 Å². The predicted molar refractivity (Wildman–Crippen MR) is 64.5 cm³/mol. The SMILES string of the molecule is COc1cc(C(F)F)cc(C2CCCN2)c1OC. The molecule has 1 fully saturated rings. The molecule has 5 heteroatoms. The molecule has 18 heavy (non-hydrogen) atoms. The Balaban J connectivity index is 2.48. The number of methoxy groups -OCH3 is 2. The van der Waals surface area contributed by atoms with Gasteiger partial charge in [-0.25, -0.2) is 8.78 Å². The van der Waals surface area contributed by atoms with Gasteiger partial charge in [0.05, 0.1) is 14.2 Å². The minimum Gasteiger partial charge on any atom is -0.493 e. The van der Waals surface area contributed by atoms with Gasteiger partial charge in [0.15, 0.2) is 11.5 Å². The Hall–Kier alpha value is -1.36. The lowest BCUT2D eigenvalue weighted by Gasteiger charge is -2.19. The highest BCUT2D eigenvalue weighted by atomic mass is 19.3. The Morgan fingerprint density at radius 2 is 2.06 bits per heavy atom. The van der Waals surface area contributed by atoms with Crippen molar-refractivity contribution in [3.05, 3.63) is 23.3 Å². The maximum atomic E-state index is 12.9. The quantitative estimate of drug-likeness (QED) is 0.899. The standard InChI is InChI=1S/C13H17F2NO2/c1-17-11-7-8(13(14)15)6-9(12(11)18-2)10-4-3-5-16-10/h6-7,10,13,16H,3-5H2,1-2H3. The molecule has 1 saturated heterocycles. The molecule has 3 nitrogen and oxygen atoms in total. The second kappa shape index (κ2) is 5.52. The summed E-state index contributed by atoms with van der Waals surface area (Å²) >= 11 is 0. The molecule has 2 rings (SSSR count). The first-order valence-electron chi connectivity index (χ1n) is 5.94. The van der Waals surface area contributed by atoms with E-state index >= 15 is 0 Å². The summed E-state index contributed by atoms with van der Waals surface area (Å²) < 4.78 is 36.2. The Labute approximate surface area is 105 Å². The van der Waals surface area contributed by atoms with Crippen LogP contribution in [-0.4, -0.2) is 20.8 Å². The number of benzene rings is 1. The van der Waals surface area contributed by atoms with Gasteiger partial charge in [-0.3, -0.25) is 0 Å². The molecular weight excluding hydrogens is 240 g/mol. The van der Waals surface area contributed by atoms with Crippen LogP contribution >= 0.6 is 0 Å². The zero-order chi connectivity index (χ0) is 13.1. The number of alkyl halides is 2. The van der Waals surface area contributed by atoms with Crippen molar-refractivity contribution in [3.63, 3.8) is 0 Å². The lowest BCUT2D eigenvalue weighted by atomic mass is 10.0. The van der Waals surface area contributed by atoms with Gasteiger partial charge in [-0.1, -0.05) is 0 Å². The molecular formula is C13H17F2NO2. The number of hydrogen-bond donors (Lipinski definition) is 1. The number of halogens is 2. The van der Waals surface area contributed by atoms with Gasteiger partial charge in [-0.2, -0.15) is 0 Å². The topological polar surface area (TPSA) is 30.5 Å². The second-order valence-corrected chi connectivity index (χ2v) is 4.30. The monoisotopic (exact) mass is 257 g/mol. The molecule has 0 radical (unpaired) electrons.